The van der Waals surface area contributed by atoms with Gasteiger partial charge in [0.2, 0.25) is 11.8 Å². The molecule has 1 aliphatic carbocycles. The first-order chi connectivity index (χ1) is 11.2. The molecular formula is C19H24N2O2. The number of piperidine rings is 1. The molecule has 1 atom stereocenters. The highest BCUT2D eigenvalue weighted by Crippen LogP contribution is 2.41. The number of nitrogens with one attached hydrogen (secondary N) is 1. The lowest BCUT2D eigenvalue weighted by Gasteiger charge is -2.35. The number of fused-ring (bicyclic) bond motifs is 1. The smallest absolute Gasteiger partial charge is 0.232 e. The average molecular weight is 312 g/mol. The van der Waals surface area contributed by atoms with Crippen LogP contribution >= 0.6 is 0 Å². The maximum Gasteiger partial charge on any atom is 0.232 e. The number of hydrogen-bond acceptors (Lipinski definition) is 2. The predicted octanol–water partition coefficient (Wildman–Crippen LogP) is 3.15. The van der Waals surface area contributed by atoms with Gasteiger partial charge in [0.05, 0.1) is 5.92 Å². The van der Waals surface area contributed by atoms with Gasteiger partial charge in [-0.1, -0.05) is 31.0 Å². The maximum absolute atomic E-state index is 12.5. The second-order valence-corrected chi connectivity index (χ2v) is 7.20. The van der Waals surface area contributed by atoms with Gasteiger partial charge >= 0.3 is 0 Å². The summed E-state index contributed by atoms with van der Waals surface area (Å²) in [5.74, 6) is 1.08. The SMILES string of the molecule is O=C1Nc2ccccc2C1C1CCN(C(=O)C2CCCC2)CC1. The van der Waals surface area contributed by atoms with Crippen LogP contribution in [-0.2, 0) is 9.59 Å². The maximum atomic E-state index is 12.5. The van der Waals surface area contributed by atoms with Crippen LogP contribution in [0.2, 0.25) is 0 Å². The number of anilines is 1. The van der Waals surface area contributed by atoms with Crippen molar-refractivity contribution < 1.29 is 9.59 Å². The van der Waals surface area contributed by atoms with Crippen LogP contribution in [0.25, 0.3) is 0 Å². The second kappa shape index (κ2) is 5.99. The molecule has 1 N–H and O–H groups in total. The zero-order valence-corrected chi connectivity index (χ0v) is 13.5. The zero-order chi connectivity index (χ0) is 15.8. The first-order valence-corrected chi connectivity index (χ1v) is 8.92. The second-order valence-electron chi connectivity index (χ2n) is 7.20. The van der Waals surface area contributed by atoms with Crippen molar-refractivity contribution in [3.8, 4) is 0 Å². The first-order valence-electron chi connectivity index (χ1n) is 8.92. The van der Waals surface area contributed by atoms with Crippen LogP contribution in [0.1, 0.15) is 50.0 Å². The van der Waals surface area contributed by atoms with E-state index in [9.17, 15) is 9.59 Å². The van der Waals surface area contributed by atoms with Crippen molar-refractivity contribution in [3.05, 3.63) is 29.8 Å². The molecule has 4 heteroatoms. The van der Waals surface area contributed by atoms with Gasteiger partial charge < -0.3 is 10.2 Å². The number of carbonyl (C=O) groups is 2. The summed E-state index contributed by atoms with van der Waals surface area (Å²) in [5.41, 5.74) is 2.10. The molecule has 1 saturated heterocycles. The number of para-hydroxylation sites is 1. The number of carbonyl (C=O) groups excluding carboxylic acids is 2. The molecule has 3 aliphatic rings. The van der Waals surface area contributed by atoms with E-state index in [1.54, 1.807) is 0 Å². The lowest BCUT2D eigenvalue weighted by atomic mass is 9.80. The highest BCUT2D eigenvalue weighted by atomic mass is 16.2. The van der Waals surface area contributed by atoms with Gasteiger partial charge in [-0.15, -0.1) is 0 Å². The number of likely N-dealkylation sites (tertiary alicyclic amines) is 1. The Morgan fingerprint density at radius 3 is 2.48 bits per heavy atom. The van der Waals surface area contributed by atoms with E-state index in [1.807, 2.05) is 23.1 Å². The summed E-state index contributed by atoms with van der Waals surface area (Å²) in [5, 5.41) is 3.00. The van der Waals surface area contributed by atoms with Crippen LogP contribution in [0, 0.1) is 11.8 Å². The number of amides is 2. The van der Waals surface area contributed by atoms with Gasteiger partial charge in [-0.2, -0.15) is 0 Å². The van der Waals surface area contributed by atoms with E-state index in [0.717, 1.165) is 50.0 Å². The minimum Gasteiger partial charge on any atom is -0.342 e. The largest absolute Gasteiger partial charge is 0.342 e. The molecule has 2 amide bonds. The van der Waals surface area contributed by atoms with E-state index in [4.69, 9.17) is 0 Å². The van der Waals surface area contributed by atoms with Crippen molar-refractivity contribution in [2.24, 2.45) is 11.8 Å². The Balaban J connectivity index is 1.42. The number of benzene rings is 1. The van der Waals surface area contributed by atoms with Gasteiger partial charge in [0.15, 0.2) is 0 Å². The molecular weight excluding hydrogens is 288 g/mol. The van der Waals surface area contributed by atoms with Crippen molar-refractivity contribution >= 4 is 17.5 Å². The summed E-state index contributed by atoms with van der Waals surface area (Å²) in [4.78, 5) is 26.9. The lowest BCUT2D eigenvalue weighted by molar-refractivity contribution is -0.136. The lowest BCUT2D eigenvalue weighted by Crippen LogP contribution is -2.42. The predicted molar refractivity (Wildman–Crippen MR) is 89.1 cm³/mol. The van der Waals surface area contributed by atoms with Gasteiger partial charge in [0, 0.05) is 24.7 Å². The molecule has 1 saturated carbocycles. The van der Waals surface area contributed by atoms with Crippen LogP contribution in [-0.4, -0.2) is 29.8 Å². The van der Waals surface area contributed by atoms with Gasteiger partial charge in [0.1, 0.15) is 0 Å². The van der Waals surface area contributed by atoms with E-state index < -0.39 is 0 Å². The Morgan fingerprint density at radius 2 is 1.74 bits per heavy atom. The molecule has 0 spiro atoms. The Kier molecular flexibility index (Phi) is 3.83. The molecule has 4 rings (SSSR count). The first kappa shape index (κ1) is 14.7. The van der Waals surface area contributed by atoms with Crippen LogP contribution in [0.5, 0.6) is 0 Å². The van der Waals surface area contributed by atoms with E-state index in [0.29, 0.717) is 11.8 Å². The summed E-state index contributed by atoms with van der Waals surface area (Å²) in [6.45, 7) is 1.62. The van der Waals surface area contributed by atoms with Crippen molar-refractivity contribution in [3.63, 3.8) is 0 Å². The fourth-order valence-electron chi connectivity index (χ4n) is 4.59. The molecule has 0 aromatic heterocycles. The van der Waals surface area contributed by atoms with Crippen LogP contribution < -0.4 is 5.32 Å². The Bertz CT molecular complexity index is 614. The van der Waals surface area contributed by atoms with Gasteiger partial charge in [-0.3, -0.25) is 9.59 Å². The topological polar surface area (TPSA) is 49.4 Å². The molecule has 122 valence electrons. The normalized spacial score (nSPS) is 25.5. The number of nitrogens with zero attached hydrogens (tertiary/aromatic N) is 1. The van der Waals surface area contributed by atoms with E-state index in [1.165, 1.54) is 12.8 Å². The molecule has 23 heavy (non-hydrogen) atoms. The van der Waals surface area contributed by atoms with E-state index >= 15 is 0 Å². The molecule has 2 aliphatic heterocycles. The van der Waals surface area contributed by atoms with E-state index in [2.05, 4.69) is 11.4 Å². The summed E-state index contributed by atoms with van der Waals surface area (Å²) < 4.78 is 0. The third-order valence-electron chi connectivity index (χ3n) is 5.86. The van der Waals surface area contributed by atoms with Crippen molar-refractivity contribution in [1.82, 2.24) is 4.90 Å². The fraction of sp³-hybridized carbons (Fsp3) is 0.579. The molecule has 1 aromatic rings. The standard InChI is InChI=1S/C19H24N2O2/c22-18-17(15-7-3-4-8-16(15)20-18)13-9-11-21(12-10-13)19(23)14-5-1-2-6-14/h3-4,7-8,13-14,17H,1-2,5-6,9-12H2,(H,20,22). The highest BCUT2D eigenvalue weighted by molar-refractivity contribution is 6.03. The Labute approximate surface area is 137 Å². The minimum absolute atomic E-state index is 0.0325. The van der Waals surface area contributed by atoms with Crippen molar-refractivity contribution in [1.29, 1.82) is 0 Å². The molecule has 2 heterocycles. The fourth-order valence-corrected chi connectivity index (χ4v) is 4.59. The number of rotatable bonds is 2. The highest BCUT2D eigenvalue weighted by Gasteiger charge is 2.39. The minimum atomic E-state index is -0.0325. The molecule has 1 unspecified atom stereocenters. The van der Waals surface area contributed by atoms with Gasteiger partial charge in [-0.05, 0) is 43.2 Å². The van der Waals surface area contributed by atoms with Crippen LogP contribution in [0.3, 0.4) is 0 Å². The third kappa shape index (κ3) is 2.64. The molecule has 4 nitrogen and oxygen atoms in total. The Morgan fingerprint density at radius 1 is 1.04 bits per heavy atom. The molecule has 1 aromatic carbocycles. The van der Waals surface area contributed by atoms with Crippen molar-refractivity contribution in [2.45, 2.75) is 44.4 Å². The zero-order valence-electron chi connectivity index (χ0n) is 13.5. The van der Waals surface area contributed by atoms with Crippen molar-refractivity contribution in [2.75, 3.05) is 18.4 Å². The Hall–Kier alpha value is -1.84. The average Bonchev–Trinajstić information content (AvgIpc) is 3.21. The summed E-state index contributed by atoms with van der Waals surface area (Å²) in [6.07, 6.45) is 6.40. The summed E-state index contributed by atoms with van der Waals surface area (Å²) in [7, 11) is 0. The van der Waals surface area contributed by atoms with Gasteiger partial charge in [-0.25, -0.2) is 0 Å². The van der Waals surface area contributed by atoms with Gasteiger partial charge in [0.25, 0.3) is 0 Å². The summed E-state index contributed by atoms with van der Waals surface area (Å²) in [6, 6.07) is 8.01. The van der Waals surface area contributed by atoms with Crippen LogP contribution in [0.4, 0.5) is 5.69 Å². The summed E-state index contributed by atoms with van der Waals surface area (Å²) >= 11 is 0. The molecule has 0 bridgehead atoms. The van der Waals surface area contributed by atoms with Crippen LogP contribution in [0.15, 0.2) is 24.3 Å². The van der Waals surface area contributed by atoms with E-state index in [-0.39, 0.29) is 17.7 Å². The quantitative estimate of drug-likeness (QED) is 0.912. The molecule has 0 radical (unpaired) electrons. The monoisotopic (exact) mass is 312 g/mol. The third-order valence-corrected chi connectivity index (χ3v) is 5.86. The molecule has 2 fully saturated rings. The number of hydrogen-bond donors (Lipinski definition) is 1.